The molecule has 4 nitrogen and oxygen atoms in total. The van der Waals surface area contributed by atoms with Gasteiger partial charge in [-0.1, -0.05) is 31.5 Å². The van der Waals surface area contributed by atoms with E-state index in [1.54, 1.807) is 0 Å². The van der Waals surface area contributed by atoms with Crippen molar-refractivity contribution in [2.75, 3.05) is 7.11 Å². The Labute approximate surface area is 117 Å². The highest BCUT2D eigenvalue weighted by atomic mass is 16.5. The smallest absolute Gasteiger partial charge is 0.317 e. The quantitative estimate of drug-likeness (QED) is 0.689. The zero-order valence-electron chi connectivity index (χ0n) is 11.6. The largest absolute Gasteiger partial charge is 0.468 e. The van der Waals surface area contributed by atoms with Crippen molar-refractivity contribution in [2.45, 2.75) is 25.7 Å². The summed E-state index contributed by atoms with van der Waals surface area (Å²) in [6.07, 6.45) is 1.71. The van der Waals surface area contributed by atoms with E-state index in [-0.39, 0.29) is 11.7 Å². The third-order valence-electron chi connectivity index (χ3n) is 4.09. The number of para-hydroxylation sites is 1. The number of Topliss-reactive ketones (excluding diaryl/α,β-unsaturated/α-hetero) is 1. The fourth-order valence-electron chi connectivity index (χ4n) is 3.23. The van der Waals surface area contributed by atoms with Gasteiger partial charge in [0.2, 0.25) is 0 Å². The molecule has 3 rings (SSSR count). The molecule has 1 heterocycles. The van der Waals surface area contributed by atoms with E-state index < -0.39 is 11.9 Å². The molecule has 0 saturated heterocycles. The highest BCUT2D eigenvalue weighted by Gasteiger charge is 2.46. The number of ketones is 1. The minimum absolute atomic E-state index is 0.0950. The summed E-state index contributed by atoms with van der Waals surface area (Å²) < 4.78 is 4.82. The maximum atomic E-state index is 12.6. The average molecular weight is 271 g/mol. The van der Waals surface area contributed by atoms with Gasteiger partial charge in [0.25, 0.3) is 0 Å². The van der Waals surface area contributed by atoms with Crippen LogP contribution >= 0.6 is 0 Å². The molecule has 0 spiro atoms. The molecule has 1 aliphatic carbocycles. The Hall–Kier alpha value is -2.10. The van der Waals surface area contributed by atoms with Crippen molar-refractivity contribution in [3.05, 3.63) is 35.5 Å². The first-order valence-electron chi connectivity index (χ1n) is 6.91. The Morgan fingerprint density at radius 3 is 2.80 bits per heavy atom. The molecule has 1 aromatic heterocycles. The van der Waals surface area contributed by atoms with Crippen LogP contribution in [0.15, 0.2) is 24.3 Å². The fourth-order valence-corrected chi connectivity index (χ4v) is 3.23. The molecule has 1 N–H and O–H groups in total. The zero-order valence-corrected chi connectivity index (χ0v) is 11.6. The Morgan fingerprint density at radius 2 is 2.10 bits per heavy atom. The normalized spacial score (nSPS) is 21.2. The van der Waals surface area contributed by atoms with Crippen LogP contribution in [0.1, 0.15) is 41.7 Å². The lowest BCUT2D eigenvalue weighted by molar-refractivity contribution is -0.144. The molecule has 2 atom stereocenters. The molecule has 0 saturated carbocycles. The number of fused-ring (bicyclic) bond motifs is 3. The predicted molar refractivity (Wildman–Crippen MR) is 75.8 cm³/mol. The van der Waals surface area contributed by atoms with Gasteiger partial charge in [-0.25, -0.2) is 0 Å². The topological polar surface area (TPSA) is 59.2 Å². The molecule has 2 aromatic rings. The second kappa shape index (κ2) is 4.78. The summed E-state index contributed by atoms with van der Waals surface area (Å²) in [6, 6.07) is 7.72. The molecule has 104 valence electrons. The number of hydrogen-bond donors (Lipinski definition) is 1. The van der Waals surface area contributed by atoms with Crippen LogP contribution in [0.5, 0.6) is 0 Å². The van der Waals surface area contributed by atoms with Crippen LogP contribution in [0.4, 0.5) is 0 Å². The van der Waals surface area contributed by atoms with Crippen LogP contribution in [0, 0.1) is 5.92 Å². The minimum Gasteiger partial charge on any atom is -0.468 e. The predicted octanol–water partition coefficient (Wildman–Crippen LogP) is 3.04. The number of methoxy groups -OCH3 is 1. The molecule has 0 bridgehead atoms. The van der Waals surface area contributed by atoms with E-state index in [1.165, 1.54) is 7.11 Å². The molecule has 1 aromatic carbocycles. The Bertz CT molecular complexity index is 686. The first-order valence-corrected chi connectivity index (χ1v) is 6.91. The number of esters is 1. The van der Waals surface area contributed by atoms with Gasteiger partial charge in [-0.2, -0.15) is 0 Å². The average Bonchev–Trinajstić information content (AvgIpc) is 2.96. The third kappa shape index (κ3) is 1.68. The first kappa shape index (κ1) is 12.9. The van der Waals surface area contributed by atoms with Crippen molar-refractivity contribution in [3.8, 4) is 0 Å². The summed E-state index contributed by atoms with van der Waals surface area (Å²) in [5.74, 6) is -1.32. The van der Waals surface area contributed by atoms with E-state index >= 15 is 0 Å². The number of ether oxygens (including phenoxy) is 1. The van der Waals surface area contributed by atoms with Crippen LogP contribution in [0.3, 0.4) is 0 Å². The minimum atomic E-state index is -0.689. The standard InChI is InChI=1S/C16H17NO3/c1-3-6-10-13(16(19)20-2)15(18)12-9-7-4-5-8-11(9)17-14(10)12/h4-5,7-8,10,13,17H,3,6H2,1-2H3/t10-,13-/m1/s1. The number of nitrogens with one attached hydrogen (secondary N) is 1. The van der Waals surface area contributed by atoms with Gasteiger partial charge in [0, 0.05) is 28.1 Å². The van der Waals surface area contributed by atoms with Crippen LogP contribution in [-0.2, 0) is 9.53 Å². The van der Waals surface area contributed by atoms with E-state index in [1.807, 2.05) is 24.3 Å². The van der Waals surface area contributed by atoms with E-state index in [9.17, 15) is 9.59 Å². The van der Waals surface area contributed by atoms with E-state index in [2.05, 4.69) is 11.9 Å². The van der Waals surface area contributed by atoms with Crippen LogP contribution in [0.2, 0.25) is 0 Å². The summed E-state index contributed by atoms with van der Waals surface area (Å²) in [4.78, 5) is 27.9. The van der Waals surface area contributed by atoms with Crippen molar-refractivity contribution in [3.63, 3.8) is 0 Å². The van der Waals surface area contributed by atoms with E-state index in [0.29, 0.717) is 5.56 Å². The van der Waals surface area contributed by atoms with Gasteiger partial charge in [-0.3, -0.25) is 9.59 Å². The molecule has 0 fully saturated rings. The number of carbonyl (C=O) groups excluding carboxylic acids is 2. The lowest BCUT2D eigenvalue weighted by Gasteiger charge is -2.16. The van der Waals surface area contributed by atoms with Gasteiger partial charge < -0.3 is 9.72 Å². The van der Waals surface area contributed by atoms with E-state index in [0.717, 1.165) is 29.4 Å². The Morgan fingerprint density at radius 1 is 1.35 bits per heavy atom. The van der Waals surface area contributed by atoms with Crippen LogP contribution in [0.25, 0.3) is 10.9 Å². The summed E-state index contributed by atoms with van der Waals surface area (Å²) >= 11 is 0. The second-order valence-corrected chi connectivity index (χ2v) is 5.22. The Kier molecular flexibility index (Phi) is 3.08. The fraction of sp³-hybridized carbons (Fsp3) is 0.375. The van der Waals surface area contributed by atoms with Crippen LogP contribution in [-0.4, -0.2) is 23.8 Å². The lowest BCUT2D eigenvalue weighted by Crippen LogP contribution is -2.25. The SMILES string of the molecule is CCC[C@H]1c2[nH]c3ccccc3c2C(=O)[C@@H]1C(=O)OC. The molecule has 4 heteroatoms. The maximum absolute atomic E-state index is 12.6. The third-order valence-corrected chi connectivity index (χ3v) is 4.09. The molecular weight excluding hydrogens is 254 g/mol. The molecule has 20 heavy (non-hydrogen) atoms. The number of benzene rings is 1. The van der Waals surface area contributed by atoms with Crippen molar-refractivity contribution in [1.82, 2.24) is 4.98 Å². The molecule has 0 unspecified atom stereocenters. The van der Waals surface area contributed by atoms with Crippen molar-refractivity contribution < 1.29 is 14.3 Å². The summed E-state index contributed by atoms with van der Waals surface area (Å²) in [7, 11) is 1.34. The molecule has 0 aliphatic heterocycles. The molecule has 0 amide bonds. The van der Waals surface area contributed by atoms with Gasteiger partial charge >= 0.3 is 5.97 Å². The molecule has 0 radical (unpaired) electrons. The van der Waals surface area contributed by atoms with Gasteiger partial charge in [-0.15, -0.1) is 0 Å². The van der Waals surface area contributed by atoms with Crippen molar-refractivity contribution in [2.24, 2.45) is 5.92 Å². The zero-order chi connectivity index (χ0) is 14.3. The van der Waals surface area contributed by atoms with Crippen molar-refractivity contribution >= 4 is 22.7 Å². The molecular formula is C16H17NO3. The number of carbonyl (C=O) groups is 2. The van der Waals surface area contributed by atoms with Gasteiger partial charge in [0.05, 0.1) is 7.11 Å². The lowest BCUT2D eigenvalue weighted by atomic mass is 9.90. The highest BCUT2D eigenvalue weighted by Crippen LogP contribution is 2.44. The van der Waals surface area contributed by atoms with Gasteiger partial charge in [0.1, 0.15) is 5.92 Å². The number of aromatic amines is 1. The number of rotatable bonds is 3. The summed E-state index contributed by atoms with van der Waals surface area (Å²) in [5.41, 5.74) is 2.53. The van der Waals surface area contributed by atoms with Gasteiger partial charge in [-0.05, 0) is 12.5 Å². The highest BCUT2D eigenvalue weighted by molar-refractivity contribution is 6.19. The van der Waals surface area contributed by atoms with Gasteiger partial charge in [0.15, 0.2) is 5.78 Å². The number of aromatic nitrogens is 1. The second-order valence-electron chi connectivity index (χ2n) is 5.22. The summed E-state index contributed by atoms with van der Waals surface area (Å²) in [5, 5.41) is 0.903. The Balaban J connectivity index is 2.17. The maximum Gasteiger partial charge on any atom is 0.317 e. The first-order chi connectivity index (χ1) is 9.69. The number of hydrogen-bond acceptors (Lipinski definition) is 3. The van der Waals surface area contributed by atoms with Crippen molar-refractivity contribution in [1.29, 1.82) is 0 Å². The number of H-pyrrole nitrogens is 1. The van der Waals surface area contributed by atoms with Crippen LogP contribution < -0.4 is 0 Å². The van der Waals surface area contributed by atoms with E-state index in [4.69, 9.17) is 4.74 Å². The molecule has 1 aliphatic rings. The monoisotopic (exact) mass is 271 g/mol. The summed E-state index contributed by atoms with van der Waals surface area (Å²) in [6.45, 7) is 2.06.